The van der Waals surface area contributed by atoms with Crippen molar-refractivity contribution < 1.29 is 4.52 Å². The standard InChI is InChI=1S/C13H21N3OS/c1-9(2)13(5-6-14-8-13)12-15-11(16-17-12)10-4-3-7-18-10/h9-10,14H,3-8H2,1-2H3. The predicted molar refractivity (Wildman–Crippen MR) is 72.7 cm³/mol. The van der Waals surface area contributed by atoms with Gasteiger partial charge in [-0.3, -0.25) is 0 Å². The van der Waals surface area contributed by atoms with Gasteiger partial charge in [0, 0.05) is 6.54 Å². The van der Waals surface area contributed by atoms with E-state index in [-0.39, 0.29) is 5.41 Å². The number of thioether (sulfide) groups is 1. The molecule has 2 aliphatic rings. The van der Waals surface area contributed by atoms with E-state index in [1.807, 2.05) is 11.8 Å². The van der Waals surface area contributed by atoms with Gasteiger partial charge in [-0.2, -0.15) is 16.7 Å². The molecule has 0 spiro atoms. The zero-order chi connectivity index (χ0) is 12.6. The van der Waals surface area contributed by atoms with E-state index in [0.717, 1.165) is 31.2 Å². The highest BCUT2D eigenvalue weighted by atomic mass is 32.2. The van der Waals surface area contributed by atoms with Crippen molar-refractivity contribution >= 4 is 11.8 Å². The van der Waals surface area contributed by atoms with Crippen molar-refractivity contribution in [2.24, 2.45) is 5.92 Å². The largest absolute Gasteiger partial charge is 0.339 e. The zero-order valence-electron chi connectivity index (χ0n) is 11.1. The van der Waals surface area contributed by atoms with Gasteiger partial charge in [-0.25, -0.2) is 0 Å². The van der Waals surface area contributed by atoms with E-state index in [9.17, 15) is 0 Å². The monoisotopic (exact) mass is 267 g/mol. The first-order valence-corrected chi connectivity index (χ1v) is 7.94. The zero-order valence-corrected chi connectivity index (χ0v) is 11.9. The SMILES string of the molecule is CC(C)C1(c2nc(C3CCCS3)no2)CCNC1. The molecule has 5 heteroatoms. The highest BCUT2D eigenvalue weighted by molar-refractivity contribution is 7.99. The van der Waals surface area contributed by atoms with E-state index in [0.29, 0.717) is 11.2 Å². The summed E-state index contributed by atoms with van der Waals surface area (Å²) in [6.07, 6.45) is 3.57. The van der Waals surface area contributed by atoms with Crippen LogP contribution >= 0.6 is 11.8 Å². The van der Waals surface area contributed by atoms with Crippen LogP contribution in [-0.4, -0.2) is 29.0 Å². The first-order valence-electron chi connectivity index (χ1n) is 6.89. The number of nitrogens with one attached hydrogen (secondary N) is 1. The molecule has 4 nitrogen and oxygen atoms in total. The van der Waals surface area contributed by atoms with Crippen LogP contribution in [0.5, 0.6) is 0 Å². The molecule has 2 atom stereocenters. The average Bonchev–Trinajstić information content (AvgIpc) is 3.11. The molecule has 100 valence electrons. The number of hydrogen-bond acceptors (Lipinski definition) is 5. The van der Waals surface area contributed by atoms with Crippen molar-refractivity contribution in [3.05, 3.63) is 11.7 Å². The molecular weight excluding hydrogens is 246 g/mol. The first-order chi connectivity index (χ1) is 8.72. The maximum absolute atomic E-state index is 5.61. The second kappa shape index (κ2) is 4.85. The molecule has 2 aliphatic heterocycles. The minimum absolute atomic E-state index is 0.0501. The third kappa shape index (κ3) is 1.97. The van der Waals surface area contributed by atoms with Crippen LogP contribution in [0.2, 0.25) is 0 Å². The van der Waals surface area contributed by atoms with Gasteiger partial charge in [-0.1, -0.05) is 19.0 Å². The summed E-state index contributed by atoms with van der Waals surface area (Å²) in [7, 11) is 0. The summed E-state index contributed by atoms with van der Waals surface area (Å²) >= 11 is 1.96. The maximum Gasteiger partial charge on any atom is 0.234 e. The van der Waals surface area contributed by atoms with E-state index in [2.05, 4.69) is 24.3 Å². The summed E-state index contributed by atoms with van der Waals surface area (Å²) in [6, 6.07) is 0. The number of aromatic nitrogens is 2. The van der Waals surface area contributed by atoms with Gasteiger partial charge in [0.05, 0.1) is 10.7 Å². The molecule has 18 heavy (non-hydrogen) atoms. The summed E-state index contributed by atoms with van der Waals surface area (Å²) in [5, 5.41) is 8.13. The fourth-order valence-corrected chi connectivity index (χ4v) is 4.18. The summed E-state index contributed by atoms with van der Waals surface area (Å²) < 4.78 is 5.61. The van der Waals surface area contributed by atoms with Gasteiger partial charge in [0.25, 0.3) is 0 Å². The number of hydrogen-bond donors (Lipinski definition) is 1. The lowest BCUT2D eigenvalue weighted by Crippen LogP contribution is -2.35. The Morgan fingerprint density at radius 1 is 1.50 bits per heavy atom. The van der Waals surface area contributed by atoms with Crippen molar-refractivity contribution in [3.8, 4) is 0 Å². The molecule has 1 N–H and O–H groups in total. The molecule has 0 aromatic carbocycles. The predicted octanol–water partition coefficient (Wildman–Crippen LogP) is 2.52. The normalized spacial score (nSPS) is 32.5. The van der Waals surface area contributed by atoms with Gasteiger partial charge in [0.1, 0.15) is 0 Å². The third-order valence-electron chi connectivity index (χ3n) is 4.38. The molecule has 0 radical (unpaired) electrons. The Kier molecular flexibility index (Phi) is 3.36. The molecule has 2 unspecified atom stereocenters. The van der Waals surface area contributed by atoms with Gasteiger partial charge >= 0.3 is 0 Å². The van der Waals surface area contributed by atoms with Gasteiger partial charge < -0.3 is 9.84 Å². The van der Waals surface area contributed by atoms with Crippen molar-refractivity contribution in [1.82, 2.24) is 15.5 Å². The summed E-state index contributed by atoms with van der Waals surface area (Å²) in [5.41, 5.74) is 0.0501. The van der Waals surface area contributed by atoms with Crippen LogP contribution in [0.15, 0.2) is 4.52 Å². The van der Waals surface area contributed by atoms with Crippen molar-refractivity contribution in [1.29, 1.82) is 0 Å². The summed E-state index contributed by atoms with van der Waals surface area (Å²) in [5.74, 6) is 3.52. The Balaban J connectivity index is 1.86. The van der Waals surface area contributed by atoms with Gasteiger partial charge in [0.15, 0.2) is 5.82 Å². The summed E-state index contributed by atoms with van der Waals surface area (Å²) in [6.45, 7) is 6.51. The topological polar surface area (TPSA) is 51.0 Å². The number of nitrogens with zero attached hydrogens (tertiary/aromatic N) is 2. The summed E-state index contributed by atoms with van der Waals surface area (Å²) in [4.78, 5) is 4.73. The lowest BCUT2D eigenvalue weighted by Gasteiger charge is -2.28. The van der Waals surface area contributed by atoms with Crippen LogP contribution in [0, 0.1) is 5.92 Å². The van der Waals surface area contributed by atoms with E-state index < -0.39 is 0 Å². The van der Waals surface area contributed by atoms with Crippen LogP contribution in [-0.2, 0) is 5.41 Å². The Hall–Kier alpha value is -0.550. The van der Waals surface area contributed by atoms with Crippen molar-refractivity contribution in [2.75, 3.05) is 18.8 Å². The van der Waals surface area contributed by atoms with E-state index in [4.69, 9.17) is 9.51 Å². The maximum atomic E-state index is 5.61. The molecule has 1 aromatic rings. The third-order valence-corrected chi connectivity index (χ3v) is 5.75. The number of rotatable bonds is 3. The van der Waals surface area contributed by atoms with E-state index >= 15 is 0 Å². The van der Waals surface area contributed by atoms with Gasteiger partial charge in [-0.05, 0) is 37.5 Å². The molecule has 0 saturated carbocycles. The quantitative estimate of drug-likeness (QED) is 0.912. The Morgan fingerprint density at radius 3 is 3.00 bits per heavy atom. The molecule has 0 amide bonds. The van der Waals surface area contributed by atoms with E-state index in [1.165, 1.54) is 18.6 Å². The molecule has 3 heterocycles. The van der Waals surface area contributed by atoms with Gasteiger partial charge in [-0.15, -0.1) is 0 Å². The first kappa shape index (κ1) is 12.5. The Labute approximate surface area is 112 Å². The molecule has 3 rings (SSSR count). The lowest BCUT2D eigenvalue weighted by atomic mass is 9.76. The van der Waals surface area contributed by atoms with Gasteiger partial charge in [0.2, 0.25) is 5.89 Å². The highest BCUT2D eigenvalue weighted by Crippen LogP contribution is 2.41. The second-order valence-electron chi connectivity index (χ2n) is 5.70. The Bertz CT molecular complexity index is 406. The van der Waals surface area contributed by atoms with Crippen LogP contribution in [0.25, 0.3) is 0 Å². The molecule has 0 bridgehead atoms. The molecular formula is C13H21N3OS. The highest BCUT2D eigenvalue weighted by Gasteiger charge is 2.44. The lowest BCUT2D eigenvalue weighted by molar-refractivity contribution is 0.234. The molecule has 2 fully saturated rings. The second-order valence-corrected chi connectivity index (χ2v) is 7.01. The Morgan fingerprint density at radius 2 is 2.39 bits per heavy atom. The molecule has 0 aliphatic carbocycles. The van der Waals surface area contributed by atoms with E-state index in [1.54, 1.807) is 0 Å². The van der Waals surface area contributed by atoms with Crippen LogP contribution < -0.4 is 5.32 Å². The van der Waals surface area contributed by atoms with Crippen LogP contribution in [0.4, 0.5) is 0 Å². The molecule has 2 saturated heterocycles. The fraction of sp³-hybridized carbons (Fsp3) is 0.846. The molecule has 1 aromatic heterocycles. The minimum atomic E-state index is 0.0501. The minimum Gasteiger partial charge on any atom is -0.339 e. The fourth-order valence-electron chi connectivity index (χ4n) is 2.98. The van der Waals surface area contributed by atoms with Crippen LogP contribution in [0.1, 0.15) is 50.1 Å². The average molecular weight is 267 g/mol. The van der Waals surface area contributed by atoms with Crippen LogP contribution in [0.3, 0.4) is 0 Å². The van der Waals surface area contributed by atoms with Crippen molar-refractivity contribution in [3.63, 3.8) is 0 Å². The smallest absolute Gasteiger partial charge is 0.234 e. The van der Waals surface area contributed by atoms with Crippen molar-refractivity contribution in [2.45, 2.75) is 43.8 Å².